The first-order valence-corrected chi connectivity index (χ1v) is 6.00. The Morgan fingerprint density at radius 1 is 1.44 bits per heavy atom. The summed E-state index contributed by atoms with van der Waals surface area (Å²) < 4.78 is 7.46. The summed E-state index contributed by atoms with van der Waals surface area (Å²) in [6, 6.07) is 7.28. The smallest absolute Gasteiger partial charge is 0.130 e. The Balaban J connectivity index is 2.15. The summed E-state index contributed by atoms with van der Waals surface area (Å²) >= 11 is 5.99. The predicted octanol–water partition coefficient (Wildman–Crippen LogP) is 2.45. The first kappa shape index (κ1) is 12.9. The van der Waals surface area contributed by atoms with Crippen molar-refractivity contribution in [2.45, 2.75) is 20.1 Å². The van der Waals surface area contributed by atoms with Gasteiger partial charge in [0.25, 0.3) is 0 Å². The molecule has 0 aliphatic heterocycles. The first-order valence-electron chi connectivity index (χ1n) is 5.62. The fraction of sp³-hybridized carbons (Fsp3) is 0.308. The van der Waals surface area contributed by atoms with Crippen molar-refractivity contribution in [1.82, 2.24) is 9.78 Å². The number of benzene rings is 1. The molecular formula is C13H15ClN2O2. The molecule has 0 saturated carbocycles. The molecule has 0 amide bonds. The second-order valence-electron chi connectivity index (χ2n) is 4.06. The maximum absolute atomic E-state index is 9.27. The Bertz CT molecular complexity index is 552. The fourth-order valence-corrected chi connectivity index (χ4v) is 2.00. The maximum atomic E-state index is 9.27. The van der Waals surface area contributed by atoms with Crippen LogP contribution in [0.5, 0.6) is 5.75 Å². The van der Waals surface area contributed by atoms with Crippen LogP contribution < -0.4 is 4.74 Å². The van der Waals surface area contributed by atoms with E-state index in [4.69, 9.17) is 16.3 Å². The Morgan fingerprint density at radius 2 is 2.22 bits per heavy atom. The van der Waals surface area contributed by atoms with Crippen LogP contribution in [0, 0.1) is 6.92 Å². The van der Waals surface area contributed by atoms with Gasteiger partial charge in [-0.2, -0.15) is 5.10 Å². The van der Waals surface area contributed by atoms with E-state index in [2.05, 4.69) is 5.10 Å². The molecule has 1 aromatic carbocycles. The summed E-state index contributed by atoms with van der Waals surface area (Å²) in [5.41, 5.74) is 2.53. The third kappa shape index (κ3) is 2.66. The van der Waals surface area contributed by atoms with Gasteiger partial charge in [0.05, 0.1) is 18.0 Å². The van der Waals surface area contributed by atoms with E-state index in [9.17, 15) is 5.11 Å². The number of ether oxygens (including phenoxy) is 1. The van der Waals surface area contributed by atoms with Gasteiger partial charge >= 0.3 is 0 Å². The van der Waals surface area contributed by atoms with Gasteiger partial charge in [0.15, 0.2) is 0 Å². The lowest BCUT2D eigenvalue weighted by molar-refractivity contribution is 0.255. The zero-order chi connectivity index (χ0) is 13.1. The molecule has 1 N–H and O–H groups in total. The molecule has 0 spiro atoms. The lowest BCUT2D eigenvalue weighted by Crippen LogP contribution is -2.04. The van der Waals surface area contributed by atoms with Crippen LogP contribution in [0.15, 0.2) is 24.3 Å². The molecule has 0 bridgehead atoms. The molecule has 2 aromatic rings. The number of aliphatic hydroxyl groups is 1. The van der Waals surface area contributed by atoms with Crippen molar-refractivity contribution < 1.29 is 9.84 Å². The van der Waals surface area contributed by atoms with Crippen LogP contribution in [-0.2, 0) is 20.3 Å². The fourth-order valence-electron chi connectivity index (χ4n) is 1.78. The van der Waals surface area contributed by atoms with Crippen LogP contribution >= 0.6 is 11.6 Å². The van der Waals surface area contributed by atoms with Crippen molar-refractivity contribution in [3.05, 3.63) is 46.2 Å². The summed E-state index contributed by atoms with van der Waals surface area (Å²) in [6.07, 6.45) is 0. The van der Waals surface area contributed by atoms with E-state index in [0.717, 1.165) is 11.4 Å². The Hall–Kier alpha value is -1.52. The zero-order valence-corrected chi connectivity index (χ0v) is 11.1. The Morgan fingerprint density at radius 3 is 2.83 bits per heavy atom. The minimum atomic E-state index is -0.139. The van der Waals surface area contributed by atoms with Crippen LogP contribution in [0.1, 0.15) is 17.0 Å². The number of hydrogen-bond acceptors (Lipinski definition) is 3. The molecule has 0 aliphatic rings. The first-order chi connectivity index (χ1) is 8.61. The normalized spacial score (nSPS) is 10.7. The molecule has 1 aromatic heterocycles. The third-order valence-electron chi connectivity index (χ3n) is 2.71. The zero-order valence-electron chi connectivity index (χ0n) is 10.4. The molecule has 1 heterocycles. The van der Waals surface area contributed by atoms with E-state index in [0.29, 0.717) is 22.9 Å². The number of aliphatic hydroxyl groups excluding tert-OH is 1. The lowest BCUT2D eigenvalue weighted by atomic mass is 10.2. The highest BCUT2D eigenvalue weighted by Gasteiger charge is 2.08. The van der Waals surface area contributed by atoms with Gasteiger partial charge in [-0.15, -0.1) is 0 Å². The van der Waals surface area contributed by atoms with Crippen LogP contribution in [0.25, 0.3) is 0 Å². The van der Waals surface area contributed by atoms with E-state index in [1.807, 2.05) is 20.0 Å². The highest BCUT2D eigenvalue weighted by atomic mass is 35.5. The molecule has 0 fully saturated rings. The molecule has 18 heavy (non-hydrogen) atoms. The van der Waals surface area contributed by atoms with Gasteiger partial charge in [-0.1, -0.05) is 17.7 Å². The number of halogens is 1. The van der Waals surface area contributed by atoms with E-state index in [1.54, 1.807) is 22.9 Å². The summed E-state index contributed by atoms with van der Waals surface area (Å²) in [6.45, 7) is 2.19. The topological polar surface area (TPSA) is 47.3 Å². The number of aromatic nitrogens is 2. The average Bonchev–Trinajstić information content (AvgIpc) is 2.65. The quantitative estimate of drug-likeness (QED) is 0.925. The van der Waals surface area contributed by atoms with Crippen LogP contribution in [0.3, 0.4) is 0 Å². The largest absolute Gasteiger partial charge is 0.487 e. The molecule has 0 unspecified atom stereocenters. The van der Waals surface area contributed by atoms with Crippen molar-refractivity contribution in [3.63, 3.8) is 0 Å². The van der Waals surface area contributed by atoms with Crippen molar-refractivity contribution in [1.29, 1.82) is 0 Å². The van der Waals surface area contributed by atoms with Gasteiger partial charge in [-0.3, -0.25) is 4.68 Å². The van der Waals surface area contributed by atoms with Gasteiger partial charge in [-0.05, 0) is 25.1 Å². The standard InChI is InChI=1S/C13H15ClN2O2/c1-9-6-10(16(2)15-9)8-18-13-5-3-4-12(14)11(13)7-17/h3-6,17H,7-8H2,1-2H3. The van der Waals surface area contributed by atoms with Crippen LogP contribution in [0.4, 0.5) is 0 Å². The minimum Gasteiger partial charge on any atom is -0.487 e. The van der Waals surface area contributed by atoms with E-state index >= 15 is 0 Å². The highest BCUT2D eigenvalue weighted by Crippen LogP contribution is 2.27. The Labute approximate surface area is 111 Å². The van der Waals surface area contributed by atoms with E-state index in [-0.39, 0.29) is 6.61 Å². The van der Waals surface area contributed by atoms with Crippen molar-refractivity contribution in [2.24, 2.45) is 7.05 Å². The summed E-state index contributed by atoms with van der Waals surface area (Å²) in [5.74, 6) is 0.601. The molecule has 96 valence electrons. The third-order valence-corrected chi connectivity index (χ3v) is 3.06. The van der Waals surface area contributed by atoms with Gasteiger partial charge in [-0.25, -0.2) is 0 Å². The average molecular weight is 267 g/mol. The second kappa shape index (κ2) is 5.42. The number of aryl methyl sites for hydroxylation is 2. The highest BCUT2D eigenvalue weighted by molar-refractivity contribution is 6.31. The monoisotopic (exact) mass is 266 g/mol. The maximum Gasteiger partial charge on any atom is 0.130 e. The summed E-state index contributed by atoms with van der Waals surface area (Å²) in [5, 5.41) is 14.0. The molecule has 0 radical (unpaired) electrons. The van der Waals surface area contributed by atoms with Crippen molar-refractivity contribution in [2.75, 3.05) is 0 Å². The van der Waals surface area contributed by atoms with E-state index < -0.39 is 0 Å². The van der Waals surface area contributed by atoms with Gasteiger partial charge in [0.1, 0.15) is 12.4 Å². The second-order valence-corrected chi connectivity index (χ2v) is 4.47. The van der Waals surface area contributed by atoms with Gasteiger partial charge in [0, 0.05) is 17.6 Å². The molecule has 2 rings (SSSR count). The number of rotatable bonds is 4. The SMILES string of the molecule is Cc1cc(COc2cccc(Cl)c2CO)n(C)n1. The van der Waals surface area contributed by atoms with Crippen LogP contribution in [0.2, 0.25) is 5.02 Å². The van der Waals surface area contributed by atoms with Crippen molar-refractivity contribution >= 4 is 11.6 Å². The molecular weight excluding hydrogens is 252 g/mol. The minimum absolute atomic E-state index is 0.139. The molecule has 5 heteroatoms. The molecule has 0 aliphatic carbocycles. The predicted molar refractivity (Wildman–Crippen MR) is 69.7 cm³/mol. The van der Waals surface area contributed by atoms with Gasteiger partial charge in [0.2, 0.25) is 0 Å². The number of hydrogen-bond donors (Lipinski definition) is 1. The van der Waals surface area contributed by atoms with Crippen molar-refractivity contribution in [3.8, 4) is 5.75 Å². The van der Waals surface area contributed by atoms with E-state index in [1.165, 1.54) is 0 Å². The van der Waals surface area contributed by atoms with Crippen LogP contribution in [-0.4, -0.2) is 14.9 Å². The molecule has 0 saturated heterocycles. The molecule has 0 atom stereocenters. The lowest BCUT2D eigenvalue weighted by Gasteiger charge is -2.11. The Kier molecular flexibility index (Phi) is 3.89. The summed E-state index contributed by atoms with van der Waals surface area (Å²) in [7, 11) is 1.87. The molecule has 4 nitrogen and oxygen atoms in total. The number of nitrogens with zero attached hydrogens (tertiary/aromatic N) is 2. The van der Waals surface area contributed by atoms with Gasteiger partial charge < -0.3 is 9.84 Å². The summed E-state index contributed by atoms with van der Waals surface area (Å²) in [4.78, 5) is 0.